The number of fused-ring (bicyclic) bond motifs is 1. The molecular weight excluding hydrogens is 326 g/mol. The number of aromatic nitrogens is 3. The molecule has 0 bridgehead atoms. The van der Waals surface area contributed by atoms with Gasteiger partial charge in [0, 0.05) is 30.6 Å². The van der Waals surface area contributed by atoms with Crippen molar-refractivity contribution >= 4 is 16.8 Å². The summed E-state index contributed by atoms with van der Waals surface area (Å²) >= 11 is 0. The van der Waals surface area contributed by atoms with Crippen molar-refractivity contribution in [3.8, 4) is 0 Å². The maximum Gasteiger partial charge on any atom is 0.217 e. The number of likely N-dealkylation sites (tertiary alicyclic amines) is 1. The van der Waals surface area contributed by atoms with E-state index < -0.39 is 0 Å². The molecule has 0 saturated carbocycles. The number of nitrogens with one attached hydrogen (secondary N) is 2. The van der Waals surface area contributed by atoms with Gasteiger partial charge in [-0.05, 0) is 37.1 Å². The Bertz CT molecular complexity index is 919. The first-order chi connectivity index (χ1) is 12.7. The number of H-pyrrole nitrogens is 1. The Balaban J connectivity index is 1.54. The molecule has 1 aromatic carbocycles. The molecule has 0 unspecified atom stereocenters. The van der Waals surface area contributed by atoms with Crippen LogP contribution in [0, 0.1) is 0 Å². The van der Waals surface area contributed by atoms with Crippen LogP contribution in [0.5, 0.6) is 0 Å². The Morgan fingerprint density at radius 3 is 3.15 bits per heavy atom. The zero-order valence-electron chi connectivity index (χ0n) is 14.9. The first-order valence-corrected chi connectivity index (χ1v) is 9.05. The van der Waals surface area contributed by atoms with E-state index in [0.717, 1.165) is 37.3 Å². The average Bonchev–Trinajstić information content (AvgIpc) is 3.30. The van der Waals surface area contributed by atoms with Gasteiger partial charge < -0.3 is 10.3 Å². The van der Waals surface area contributed by atoms with Crippen LogP contribution in [0.4, 0.5) is 0 Å². The second-order valence-corrected chi connectivity index (χ2v) is 6.83. The predicted octanol–water partition coefficient (Wildman–Crippen LogP) is 2.93. The molecule has 134 valence electrons. The molecule has 2 aromatic heterocycles. The van der Waals surface area contributed by atoms with Gasteiger partial charge in [0.25, 0.3) is 0 Å². The quantitative estimate of drug-likeness (QED) is 0.743. The SMILES string of the molecule is CC(=O)NCc1cncc([C@H]2CCCN2Cc2cccc3[nH]ccc23)n1. The summed E-state index contributed by atoms with van der Waals surface area (Å²) in [6.07, 6.45) is 7.82. The number of carbonyl (C=O) groups is 1. The number of rotatable bonds is 5. The van der Waals surface area contributed by atoms with Crippen molar-refractivity contribution in [2.45, 2.75) is 38.9 Å². The van der Waals surface area contributed by atoms with E-state index in [4.69, 9.17) is 4.98 Å². The summed E-state index contributed by atoms with van der Waals surface area (Å²) in [5, 5.41) is 4.07. The Labute approximate surface area is 152 Å². The Morgan fingerprint density at radius 1 is 1.35 bits per heavy atom. The third kappa shape index (κ3) is 3.46. The smallest absolute Gasteiger partial charge is 0.217 e. The molecule has 2 N–H and O–H groups in total. The van der Waals surface area contributed by atoms with Crippen molar-refractivity contribution in [3.63, 3.8) is 0 Å². The van der Waals surface area contributed by atoms with Crippen molar-refractivity contribution < 1.29 is 4.79 Å². The van der Waals surface area contributed by atoms with E-state index in [1.54, 1.807) is 6.20 Å². The Morgan fingerprint density at radius 2 is 2.27 bits per heavy atom. The van der Waals surface area contributed by atoms with E-state index >= 15 is 0 Å². The molecule has 1 fully saturated rings. The van der Waals surface area contributed by atoms with E-state index in [9.17, 15) is 4.79 Å². The molecule has 3 heterocycles. The molecule has 1 saturated heterocycles. The van der Waals surface area contributed by atoms with Crippen LogP contribution in [0.1, 0.15) is 42.8 Å². The molecule has 26 heavy (non-hydrogen) atoms. The van der Waals surface area contributed by atoms with Crippen molar-refractivity contribution in [1.29, 1.82) is 0 Å². The van der Waals surface area contributed by atoms with Gasteiger partial charge in [-0.25, -0.2) is 0 Å². The summed E-state index contributed by atoms with van der Waals surface area (Å²) in [6, 6.07) is 8.83. The monoisotopic (exact) mass is 349 g/mol. The van der Waals surface area contributed by atoms with Crippen LogP contribution in [-0.4, -0.2) is 32.3 Å². The molecule has 1 atom stereocenters. The lowest BCUT2D eigenvalue weighted by molar-refractivity contribution is -0.119. The Kier molecular flexibility index (Phi) is 4.67. The van der Waals surface area contributed by atoms with Gasteiger partial charge >= 0.3 is 0 Å². The molecule has 0 aliphatic carbocycles. The molecule has 6 heteroatoms. The molecule has 6 nitrogen and oxygen atoms in total. The highest BCUT2D eigenvalue weighted by atomic mass is 16.1. The lowest BCUT2D eigenvalue weighted by atomic mass is 10.1. The lowest BCUT2D eigenvalue weighted by Crippen LogP contribution is -2.25. The van der Waals surface area contributed by atoms with Crippen LogP contribution in [0.2, 0.25) is 0 Å². The van der Waals surface area contributed by atoms with Gasteiger partial charge in [-0.2, -0.15) is 0 Å². The average molecular weight is 349 g/mol. The van der Waals surface area contributed by atoms with Gasteiger partial charge in [0.2, 0.25) is 5.91 Å². The number of hydrogen-bond donors (Lipinski definition) is 2. The van der Waals surface area contributed by atoms with Crippen LogP contribution in [0.25, 0.3) is 10.9 Å². The summed E-state index contributed by atoms with van der Waals surface area (Å²) in [5.74, 6) is -0.0562. The van der Waals surface area contributed by atoms with Crippen LogP contribution >= 0.6 is 0 Å². The van der Waals surface area contributed by atoms with Gasteiger partial charge in [0.1, 0.15) is 0 Å². The molecule has 1 aliphatic heterocycles. The second kappa shape index (κ2) is 7.25. The molecule has 0 radical (unpaired) electrons. The zero-order chi connectivity index (χ0) is 17.9. The fraction of sp³-hybridized carbons (Fsp3) is 0.350. The fourth-order valence-electron chi connectivity index (χ4n) is 3.74. The molecule has 1 aliphatic rings. The molecule has 1 amide bonds. The van der Waals surface area contributed by atoms with Gasteiger partial charge in [-0.3, -0.25) is 19.7 Å². The van der Waals surface area contributed by atoms with Crippen LogP contribution < -0.4 is 5.32 Å². The van der Waals surface area contributed by atoms with Gasteiger partial charge in [-0.1, -0.05) is 12.1 Å². The van der Waals surface area contributed by atoms with Crippen molar-refractivity contribution in [1.82, 2.24) is 25.2 Å². The summed E-state index contributed by atoms with van der Waals surface area (Å²) in [6.45, 7) is 3.89. The van der Waals surface area contributed by atoms with Crippen molar-refractivity contribution in [3.05, 3.63) is 59.8 Å². The minimum Gasteiger partial charge on any atom is -0.361 e. The minimum atomic E-state index is -0.0562. The molecular formula is C20H23N5O. The van der Waals surface area contributed by atoms with Crippen molar-refractivity contribution in [2.75, 3.05) is 6.54 Å². The molecule has 4 rings (SSSR count). The van der Waals surface area contributed by atoms with Gasteiger partial charge in [0.15, 0.2) is 0 Å². The summed E-state index contributed by atoms with van der Waals surface area (Å²) in [5.41, 5.74) is 4.30. The van der Waals surface area contributed by atoms with E-state index in [1.807, 2.05) is 12.4 Å². The normalized spacial score (nSPS) is 17.7. The number of nitrogens with zero attached hydrogens (tertiary/aromatic N) is 3. The summed E-state index contributed by atoms with van der Waals surface area (Å²) in [7, 11) is 0. The van der Waals surface area contributed by atoms with Crippen molar-refractivity contribution in [2.24, 2.45) is 0 Å². The number of benzene rings is 1. The number of aromatic amines is 1. The third-order valence-corrected chi connectivity index (χ3v) is 4.99. The van der Waals surface area contributed by atoms with Crippen LogP contribution in [0.3, 0.4) is 0 Å². The van der Waals surface area contributed by atoms with E-state index in [0.29, 0.717) is 6.54 Å². The highest BCUT2D eigenvalue weighted by Gasteiger charge is 2.28. The first kappa shape index (κ1) is 16.7. The standard InChI is InChI=1S/C20H23N5O/c1-14(26)23-11-16-10-21-12-19(24-16)20-6-3-9-25(20)13-15-4-2-5-18-17(15)7-8-22-18/h2,4-5,7-8,10,12,20,22H,3,6,9,11,13H2,1H3,(H,23,26)/t20-/m1/s1. The molecule has 0 spiro atoms. The predicted molar refractivity (Wildman–Crippen MR) is 100 cm³/mol. The maximum absolute atomic E-state index is 11.1. The number of carbonyl (C=O) groups excluding carboxylic acids is 1. The van der Waals surface area contributed by atoms with Crippen LogP contribution in [-0.2, 0) is 17.9 Å². The summed E-state index contributed by atoms with van der Waals surface area (Å²) < 4.78 is 0. The first-order valence-electron chi connectivity index (χ1n) is 9.05. The van der Waals surface area contributed by atoms with Crippen LogP contribution in [0.15, 0.2) is 42.9 Å². The topological polar surface area (TPSA) is 73.9 Å². The lowest BCUT2D eigenvalue weighted by Gasteiger charge is -2.24. The Hall–Kier alpha value is -2.73. The summed E-state index contributed by atoms with van der Waals surface area (Å²) in [4.78, 5) is 26.0. The highest BCUT2D eigenvalue weighted by molar-refractivity contribution is 5.82. The number of hydrogen-bond acceptors (Lipinski definition) is 4. The maximum atomic E-state index is 11.1. The van der Waals surface area contributed by atoms with E-state index in [-0.39, 0.29) is 11.9 Å². The highest BCUT2D eigenvalue weighted by Crippen LogP contribution is 2.33. The minimum absolute atomic E-state index is 0.0562. The fourth-order valence-corrected chi connectivity index (χ4v) is 3.74. The largest absolute Gasteiger partial charge is 0.361 e. The van der Waals surface area contributed by atoms with Gasteiger partial charge in [-0.15, -0.1) is 0 Å². The van der Waals surface area contributed by atoms with Gasteiger partial charge in [0.05, 0.1) is 36.4 Å². The number of amides is 1. The second-order valence-electron chi connectivity index (χ2n) is 6.83. The molecule has 3 aromatic rings. The van der Waals surface area contributed by atoms with E-state index in [1.165, 1.54) is 23.4 Å². The van der Waals surface area contributed by atoms with E-state index in [2.05, 4.69) is 44.5 Å². The zero-order valence-corrected chi connectivity index (χ0v) is 14.9. The third-order valence-electron chi connectivity index (χ3n) is 4.99.